The lowest BCUT2D eigenvalue weighted by molar-refractivity contribution is 0.0294. The number of rotatable bonds is 7. The summed E-state index contributed by atoms with van der Waals surface area (Å²) in [6.07, 6.45) is 1.63. The molecule has 0 aliphatic rings. The average molecular weight is 270 g/mol. The Morgan fingerprint density at radius 3 is 1.65 bits per heavy atom. The number of ether oxygens (including phenoxy) is 1. The molecule has 20 heavy (non-hydrogen) atoms. The minimum absolute atomic E-state index is 0.116. The third kappa shape index (κ3) is 3.92. The lowest BCUT2D eigenvalue weighted by Gasteiger charge is -2.31. The van der Waals surface area contributed by atoms with Crippen molar-refractivity contribution < 1.29 is 9.84 Å². The first-order valence-corrected chi connectivity index (χ1v) is 6.96. The number of methoxy groups -OCH3 is 1. The van der Waals surface area contributed by atoms with Crippen molar-refractivity contribution in [1.82, 2.24) is 0 Å². The van der Waals surface area contributed by atoms with E-state index >= 15 is 0 Å². The van der Waals surface area contributed by atoms with E-state index in [1.54, 1.807) is 7.11 Å². The highest BCUT2D eigenvalue weighted by Gasteiger charge is 2.30. The molecule has 0 aromatic heterocycles. The number of benzene rings is 2. The standard InChI is InChI=1S/C18H22O2/c1-20-15-18(14-19,12-16-8-4-2-5-9-16)13-17-10-6-3-7-11-17/h2-11,19H,12-15H2,1H3. The van der Waals surface area contributed by atoms with Gasteiger partial charge in [-0.3, -0.25) is 0 Å². The van der Waals surface area contributed by atoms with Crippen molar-refractivity contribution in [3.8, 4) is 0 Å². The second-order valence-electron chi connectivity index (χ2n) is 5.42. The molecule has 2 aromatic carbocycles. The molecule has 0 amide bonds. The highest BCUT2D eigenvalue weighted by molar-refractivity contribution is 5.21. The summed E-state index contributed by atoms with van der Waals surface area (Å²) in [5, 5.41) is 9.95. The number of hydrogen-bond acceptors (Lipinski definition) is 2. The van der Waals surface area contributed by atoms with E-state index in [1.807, 2.05) is 36.4 Å². The largest absolute Gasteiger partial charge is 0.396 e. The van der Waals surface area contributed by atoms with Crippen LogP contribution in [-0.4, -0.2) is 25.4 Å². The lowest BCUT2D eigenvalue weighted by atomic mass is 9.78. The van der Waals surface area contributed by atoms with Crippen LogP contribution in [0.3, 0.4) is 0 Å². The van der Waals surface area contributed by atoms with Crippen LogP contribution in [0.2, 0.25) is 0 Å². The van der Waals surface area contributed by atoms with Gasteiger partial charge in [-0.1, -0.05) is 60.7 Å². The molecule has 0 fully saturated rings. The van der Waals surface area contributed by atoms with E-state index in [9.17, 15) is 5.11 Å². The molecule has 1 N–H and O–H groups in total. The molecule has 0 aliphatic heterocycles. The normalized spacial score (nSPS) is 11.5. The zero-order chi connectivity index (χ0) is 14.3. The summed E-state index contributed by atoms with van der Waals surface area (Å²) >= 11 is 0. The summed E-state index contributed by atoms with van der Waals surface area (Å²) in [5.41, 5.74) is 2.20. The maximum Gasteiger partial charge on any atom is 0.0547 e. The molecular formula is C18H22O2. The lowest BCUT2D eigenvalue weighted by Crippen LogP contribution is -2.35. The van der Waals surface area contributed by atoms with Crippen molar-refractivity contribution in [1.29, 1.82) is 0 Å². The van der Waals surface area contributed by atoms with Crippen molar-refractivity contribution in [2.45, 2.75) is 12.8 Å². The van der Waals surface area contributed by atoms with Crippen molar-refractivity contribution in [3.05, 3.63) is 71.8 Å². The molecule has 2 nitrogen and oxygen atoms in total. The zero-order valence-corrected chi connectivity index (χ0v) is 12.0. The Balaban J connectivity index is 2.20. The van der Waals surface area contributed by atoms with Crippen LogP contribution in [0.25, 0.3) is 0 Å². The summed E-state index contributed by atoms with van der Waals surface area (Å²) in [6.45, 7) is 0.665. The van der Waals surface area contributed by atoms with Gasteiger partial charge in [0.05, 0.1) is 13.2 Å². The minimum Gasteiger partial charge on any atom is -0.396 e. The van der Waals surface area contributed by atoms with Gasteiger partial charge in [0.15, 0.2) is 0 Å². The Hall–Kier alpha value is -1.64. The summed E-state index contributed by atoms with van der Waals surface area (Å²) < 4.78 is 5.38. The predicted octanol–water partition coefficient (Wildman–Crippen LogP) is 3.10. The smallest absolute Gasteiger partial charge is 0.0547 e. The number of aliphatic hydroxyl groups is 1. The predicted molar refractivity (Wildman–Crippen MR) is 81.7 cm³/mol. The zero-order valence-electron chi connectivity index (χ0n) is 12.0. The highest BCUT2D eigenvalue weighted by Crippen LogP contribution is 2.28. The van der Waals surface area contributed by atoms with E-state index < -0.39 is 0 Å². The van der Waals surface area contributed by atoms with Crippen LogP contribution >= 0.6 is 0 Å². The SMILES string of the molecule is COCC(CO)(Cc1ccccc1)Cc1ccccc1. The first-order valence-electron chi connectivity index (χ1n) is 6.96. The Kier molecular flexibility index (Phi) is 5.33. The van der Waals surface area contributed by atoms with Crippen LogP contribution in [0.4, 0.5) is 0 Å². The van der Waals surface area contributed by atoms with Crippen LogP contribution in [0, 0.1) is 5.41 Å². The summed E-state index contributed by atoms with van der Waals surface area (Å²) in [5.74, 6) is 0. The molecule has 2 heteroatoms. The molecule has 0 saturated carbocycles. The van der Waals surface area contributed by atoms with Gasteiger partial charge in [-0.25, -0.2) is 0 Å². The third-order valence-electron chi connectivity index (χ3n) is 3.63. The van der Waals surface area contributed by atoms with Gasteiger partial charge in [0.2, 0.25) is 0 Å². The third-order valence-corrected chi connectivity index (χ3v) is 3.63. The van der Waals surface area contributed by atoms with Crippen LogP contribution < -0.4 is 0 Å². The molecular weight excluding hydrogens is 248 g/mol. The van der Waals surface area contributed by atoms with E-state index in [0.717, 1.165) is 12.8 Å². The molecule has 2 aromatic rings. The fourth-order valence-corrected chi connectivity index (χ4v) is 2.69. The number of aliphatic hydroxyl groups excluding tert-OH is 1. The maximum atomic E-state index is 9.95. The Morgan fingerprint density at radius 2 is 1.30 bits per heavy atom. The topological polar surface area (TPSA) is 29.5 Å². The van der Waals surface area contributed by atoms with Gasteiger partial charge in [0.1, 0.15) is 0 Å². The number of hydrogen-bond donors (Lipinski definition) is 1. The summed E-state index contributed by atoms with van der Waals surface area (Å²) in [7, 11) is 1.69. The van der Waals surface area contributed by atoms with Gasteiger partial charge in [-0.2, -0.15) is 0 Å². The molecule has 0 aliphatic carbocycles. The van der Waals surface area contributed by atoms with E-state index in [-0.39, 0.29) is 12.0 Å². The van der Waals surface area contributed by atoms with Gasteiger partial charge < -0.3 is 9.84 Å². The van der Waals surface area contributed by atoms with E-state index in [2.05, 4.69) is 24.3 Å². The van der Waals surface area contributed by atoms with Crippen LogP contribution in [0.1, 0.15) is 11.1 Å². The first kappa shape index (κ1) is 14.8. The van der Waals surface area contributed by atoms with Crippen LogP contribution in [-0.2, 0) is 17.6 Å². The highest BCUT2D eigenvalue weighted by atomic mass is 16.5. The molecule has 0 saturated heterocycles. The second kappa shape index (κ2) is 7.22. The molecule has 106 valence electrons. The van der Waals surface area contributed by atoms with E-state index in [0.29, 0.717) is 6.61 Å². The molecule has 0 unspecified atom stereocenters. The summed E-state index contributed by atoms with van der Waals surface area (Å²) in [4.78, 5) is 0. The van der Waals surface area contributed by atoms with E-state index in [4.69, 9.17) is 4.74 Å². The minimum atomic E-state index is -0.266. The van der Waals surface area contributed by atoms with E-state index in [1.165, 1.54) is 11.1 Å². The Labute approximate surface area is 121 Å². The monoisotopic (exact) mass is 270 g/mol. The molecule has 0 atom stereocenters. The van der Waals surface area contributed by atoms with Crippen LogP contribution in [0.15, 0.2) is 60.7 Å². The molecule has 0 radical (unpaired) electrons. The van der Waals surface area contributed by atoms with Gasteiger partial charge in [-0.05, 0) is 24.0 Å². The van der Waals surface area contributed by atoms with Crippen molar-refractivity contribution >= 4 is 0 Å². The van der Waals surface area contributed by atoms with Crippen LogP contribution in [0.5, 0.6) is 0 Å². The molecule has 2 rings (SSSR count). The maximum absolute atomic E-state index is 9.95. The summed E-state index contributed by atoms with van der Waals surface area (Å²) in [6, 6.07) is 20.6. The van der Waals surface area contributed by atoms with Gasteiger partial charge in [0.25, 0.3) is 0 Å². The molecule has 0 bridgehead atoms. The van der Waals surface area contributed by atoms with Crippen molar-refractivity contribution in [2.75, 3.05) is 20.3 Å². The fourth-order valence-electron chi connectivity index (χ4n) is 2.69. The average Bonchev–Trinajstić information content (AvgIpc) is 2.49. The Morgan fingerprint density at radius 1 is 0.850 bits per heavy atom. The van der Waals surface area contributed by atoms with Gasteiger partial charge in [-0.15, -0.1) is 0 Å². The quantitative estimate of drug-likeness (QED) is 0.837. The molecule has 0 spiro atoms. The Bertz CT molecular complexity index is 452. The first-order chi connectivity index (χ1) is 9.78. The van der Waals surface area contributed by atoms with Crippen molar-refractivity contribution in [2.24, 2.45) is 5.41 Å². The van der Waals surface area contributed by atoms with Gasteiger partial charge in [0, 0.05) is 12.5 Å². The van der Waals surface area contributed by atoms with Gasteiger partial charge >= 0.3 is 0 Å². The second-order valence-corrected chi connectivity index (χ2v) is 5.42. The van der Waals surface area contributed by atoms with Crippen molar-refractivity contribution in [3.63, 3.8) is 0 Å². The fraction of sp³-hybridized carbons (Fsp3) is 0.333. The molecule has 0 heterocycles.